The fraction of sp³-hybridized carbons (Fsp3) is 0.130. The van der Waals surface area contributed by atoms with Crippen LogP contribution in [0.4, 0.5) is 0 Å². The molecule has 2 aromatic heterocycles. The van der Waals surface area contributed by atoms with E-state index in [1.54, 1.807) is 25.5 Å². The van der Waals surface area contributed by atoms with Gasteiger partial charge >= 0.3 is 0 Å². The number of furan rings is 1. The van der Waals surface area contributed by atoms with Crippen molar-refractivity contribution in [1.29, 1.82) is 0 Å². The van der Waals surface area contributed by atoms with Crippen LogP contribution >= 0.6 is 0 Å². The average Bonchev–Trinajstić information content (AvgIpc) is 3.42. The highest BCUT2D eigenvalue weighted by atomic mass is 16.5. The number of benzene rings is 2. The molecule has 1 aliphatic rings. The Morgan fingerprint density at radius 3 is 2.55 bits per heavy atom. The van der Waals surface area contributed by atoms with Crippen LogP contribution in [-0.4, -0.2) is 23.5 Å². The number of hydrogen-bond acceptors (Lipinski definition) is 4. The molecule has 0 saturated carbocycles. The van der Waals surface area contributed by atoms with Gasteiger partial charge in [-0.05, 0) is 31.2 Å². The summed E-state index contributed by atoms with van der Waals surface area (Å²) in [5, 5.41) is 4.18. The molecular weight excluding hydrogens is 368 g/mol. The second-order valence-electron chi connectivity index (χ2n) is 6.89. The molecule has 0 saturated heterocycles. The van der Waals surface area contributed by atoms with Gasteiger partial charge in [0, 0.05) is 40.2 Å². The van der Waals surface area contributed by atoms with Gasteiger partial charge in [-0.1, -0.05) is 18.2 Å². The number of methoxy groups -OCH3 is 1. The molecule has 1 aliphatic heterocycles. The van der Waals surface area contributed by atoms with E-state index in [-0.39, 0.29) is 0 Å². The minimum absolute atomic E-state index is 0.299. The molecule has 0 unspecified atom stereocenters. The fourth-order valence-corrected chi connectivity index (χ4v) is 4.03. The molecule has 1 N–H and O–H groups in total. The number of aromatic nitrogens is 1. The van der Waals surface area contributed by atoms with Gasteiger partial charge in [0.25, 0.3) is 11.8 Å². The number of carbonyl (C=O) groups is 2. The van der Waals surface area contributed by atoms with Gasteiger partial charge in [0.2, 0.25) is 0 Å². The molecule has 144 valence electrons. The molecule has 2 amide bonds. The van der Waals surface area contributed by atoms with Crippen molar-refractivity contribution in [2.45, 2.75) is 13.5 Å². The highest BCUT2D eigenvalue weighted by Crippen LogP contribution is 2.39. The van der Waals surface area contributed by atoms with Crippen molar-refractivity contribution in [2.75, 3.05) is 7.11 Å². The summed E-state index contributed by atoms with van der Waals surface area (Å²) in [5.41, 5.74) is 3.47. The molecule has 6 nitrogen and oxygen atoms in total. The van der Waals surface area contributed by atoms with Gasteiger partial charge in [0.15, 0.2) is 0 Å². The highest BCUT2D eigenvalue weighted by molar-refractivity contribution is 6.50. The van der Waals surface area contributed by atoms with Crippen molar-refractivity contribution in [3.05, 3.63) is 66.1 Å². The monoisotopic (exact) mass is 386 g/mol. The van der Waals surface area contributed by atoms with Crippen molar-refractivity contribution in [3.63, 3.8) is 0 Å². The number of aryl methyl sites for hydroxylation is 1. The average molecular weight is 386 g/mol. The SMILES string of the molecule is CCn1cc(C2=C(c3cc(OC)cc4ccoc34)C(=O)NC2=O)c2ccccc21. The molecule has 3 heterocycles. The van der Waals surface area contributed by atoms with Crippen LogP contribution in [0.25, 0.3) is 33.0 Å². The lowest BCUT2D eigenvalue weighted by Gasteiger charge is -2.08. The van der Waals surface area contributed by atoms with Gasteiger partial charge in [0.05, 0.1) is 24.5 Å². The van der Waals surface area contributed by atoms with Gasteiger partial charge in [-0.15, -0.1) is 0 Å². The molecule has 4 aromatic rings. The maximum Gasteiger partial charge on any atom is 0.259 e. The number of fused-ring (bicyclic) bond motifs is 2. The Hall–Kier alpha value is -3.80. The number of nitrogens with zero attached hydrogens (tertiary/aromatic N) is 1. The molecule has 6 heteroatoms. The third-order valence-corrected chi connectivity index (χ3v) is 5.36. The van der Waals surface area contributed by atoms with E-state index < -0.39 is 11.8 Å². The first-order valence-corrected chi connectivity index (χ1v) is 9.36. The smallest absolute Gasteiger partial charge is 0.259 e. The number of rotatable bonds is 4. The van der Waals surface area contributed by atoms with Crippen LogP contribution in [0.1, 0.15) is 18.1 Å². The van der Waals surface area contributed by atoms with Gasteiger partial charge < -0.3 is 13.7 Å². The lowest BCUT2D eigenvalue weighted by molar-refractivity contribution is -0.122. The number of carbonyl (C=O) groups excluding carboxylic acids is 2. The van der Waals surface area contributed by atoms with Gasteiger partial charge in [-0.3, -0.25) is 14.9 Å². The normalized spacial score (nSPS) is 14.3. The number of hydrogen-bond donors (Lipinski definition) is 1. The zero-order valence-corrected chi connectivity index (χ0v) is 16.0. The first-order chi connectivity index (χ1) is 14.1. The summed E-state index contributed by atoms with van der Waals surface area (Å²) in [7, 11) is 1.56. The van der Waals surface area contributed by atoms with E-state index in [0.717, 1.165) is 28.4 Å². The second-order valence-corrected chi connectivity index (χ2v) is 6.89. The minimum Gasteiger partial charge on any atom is -0.497 e. The Balaban J connectivity index is 1.87. The number of para-hydroxylation sites is 1. The third-order valence-electron chi connectivity index (χ3n) is 5.36. The predicted molar refractivity (Wildman–Crippen MR) is 110 cm³/mol. The summed E-state index contributed by atoms with van der Waals surface area (Å²) in [6.07, 6.45) is 3.49. The van der Waals surface area contributed by atoms with Gasteiger partial charge in [0.1, 0.15) is 11.3 Å². The summed E-state index contributed by atoms with van der Waals surface area (Å²) >= 11 is 0. The summed E-state index contributed by atoms with van der Waals surface area (Å²) in [6, 6.07) is 13.2. The van der Waals surface area contributed by atoms with Crippen molar-refractivity contribution < 1.29 is 18.7 Å². The Kier molecular flexibility index (Phi) is 3.81. The molecule has 29 heavy (non-hydrogen) atoms. The summed E-state index contributed by atoms with van der Waals surface area (Å²) in [6.45, 7) is 2.79. The molecule has 0 aliphatic carbocycles. The maximum atomic E-state index is 12.9. The van der Waals surface area contributed by atoms with Crippen molar-refractivity contribution in [2.24, 2.45) is 0 Å². The minimum atomic E-state index is -0.440. The van der Waals surface area contributed by atoms with Crippen LogP contribution in [0.2, 0.25) is 0 Å². The Morgan fingerprint density at radius 2 is 1.79 bits per heavy atom. The lowest BCUT2D eigenvalue weighted by Crippen LogP contribution is -2.22. The van der Waals surface area contributed by atoms with E-state index in [1.807, 2.05) is 43.5 Å². The molecule has 0 radical (unpaired) electrons. The van der Waals surface area contributed by atoms with E-state index in [4.69, 9.17) is 9.15 Å². The Morgan fingerprint density at radius 1 is 1.03 bits per heavy atom. The van der Waals surface area contributed by atoms with E-state index in [9.17, 15) is 9.59 Å². The fourth-order valence-electron chi connectivity index (χ4n) is 4.03. The van der Waals surface area contributed by atoms with Crippen LogP contribution in [0, 0.1) is 0 Å². The molecule has 2 aromatic carbocycles. The second kappa shape index (κ2) is 6.38. The molecule has 0 fully saturated rings. The number of ether oxygens (including phenoxy) is 1. The van der Waals surface area contributed by atoms with Gasteiger partial charge in [-0.25, -0.2) is 0 Å². The molecule has 0 atom stereocenters. The van der Waals surface area contributed by atoms with Crippen LogP contribution in [0.15, 0.2) is 59.3 Å². The number of imide groups is 1. The van der Waals surface area contributed by atoms with Gasteiger partial charge in [-0.2, -0.15) is 0 Å². The van der Waals surface area contributed by atoms with Crippen LogP contribution < -0.4 is 10.1 Å². The number of nitrogens with one attached hydrogen (secondary N) is 1. The molecule has 0 spiro atoms. The Labute approximate surface area is 166 Å². The van der Waals surface area contributed by atoms with Crippen LogP contribution in [0.3, 0.4) is 0 Å². The molecule has 5 rings (SSSR count). The van der Waals surface area contributed by atoms with E-state index in [1.165, 1.54) is 0 Å². The summed E-state index contributed by atoms with van der Waals surface area (Å²) in [5.74, 6) is -0.264. The van der Waals surface area contributed by atoms with E-state index in [0.29, 0.717) is 28.0 Å². The first kappa shape index (κ1) is 17.3. The quantitative estimate of drug-likeness (QED) is 0.539. The highest BCUT2D eigenvalue weighted by Gasteiger charge is 2.35. The standard InChI is InChI=1S/C23H18N2O4/c1-3-25-12-17(15-6-4-5-7-18(15)25)20-19(22(26)24-23(20)27)16-11-14(28-2)10-13-8-9-29-21(13)16/h4-12H,3H2,1-2H3,(H,24,26,27). The van der Waals surface area contributed by atoms with Crippen LogP contribution in [-0.2, 0) is 16.1 Å². The third kappa shape index (κ3) is 2.49. The van der Waals surface area contributed by atoms with Crippen molar-refractivity contribution >= 4 is 44.8 Å². The maximum absolute atomic E-state index is 12.9. The van der Waals surface area contributed by atoms with E-state index >= 15 is 0 Å². The topological polar surface area (TPSA) is 73.5 Å². The zero-order valence-electron chi connectivity index (χ0n) is 16.0. The van der Waals surface area contributed by atoms with Crippen molar-refractivity contribution in [3.8, 4) is 5.75 Å². The molecular formula is C23H18N2O4. The first-order valence-electron chi connectivity index (χ1n) is 9.36. The predicted octanol–water partition coefficient (Wildman–Crippen LogP) is 3.98. The number of amides is 2. The molecule has 0 bridgehead atoms. The lowest BCUT2D eigenvalue weighted by atomic mass is 9.95. The van der Waals surface area contributed by atoms with Crippen molar-refractivity contribution in [1.82, 2.24) is 9.88 Å². The summed E-state index contributed by atoms with van der Waals surface area (Å²) in [4.78, 5) is 25.7. The largest absolute Gasteiger partial charge is 0.497 e. The van der Waals surface area contributed by atoms with E-state index in [2.05, 4.69) is 9.88 Å². The zero-order chi connectivity index (χ0) is 20.1. The van der Waals surface area contributed by atoms with Crippen LogP contribution in [0.5, 0.6) is 5.75 Å². The summed E-state index contributed by atoms with van der Waals surface area (Å²) < 4.78 is 13.1. The Bertz CT molecular complexity index is 1340.